The number of likely N-dealkylation sites (N-methyl/N-ethyl adjacent to an activating group) is 1. The van der Waals surface area contributed by atoms with Gasteiger partial charge in [-0.25, -0.2) is 0 Å². The Morgan fingerprint density at radius 3 is 3.16 bits per heavy atom. The van der Waals surface area contributed by atoms with Crippen molar-refractivity contribution in [2.24, 2.45) is 0 Å². The number of carbonyl (C=O) groups excluding carboxylic acids is 1. The molecule has 1 saturated heterocycles. The van der Waals surface area contributed by atoms with Gasteiger partial charge in [0.05, 0.1) is 12.4 Å². The maximum atomic E-state index is 12.6. The molecule has 1 aromatic rings. The van der Waals surface area contributed by atoms with E-state index in [-0.39, 0.29) is 18.1 Å². The minimum atomic E-state index is -0.367. The Hall–Kier alpha value is -1.33. The number of fused-ring (bicyclic) bond motifs is 1. The molecule has 0 radical (unpaired) electrons. The van der Waals surface area contributed by atoms with Gasteiger partial charge in [-0.3, -0.25) is 4.79 Å². The second kappa shape index (κ2) is 5.35. The van der Waals surface area contributed by atoms with Crippen molar-refractivity contribution in [3.63, 3.8) is 0 Å². The lowest BCUT2D eigenvalue weighted by atomic mass is 10.1. The highest BCUT2D eigenvalue weighted by Crippen LogP contribution is 2.26. The summed E-state index contributed by atoms with van der Waals surface area (Å²) >= 11 is 0. The van der Waals surface area contributed by atoms with Gasteiger partial charge in [-0.2, -0.15) is 0 Å². The molecule has 2 atom stereocenters. The van der Waals surface area contributed by atoms with E-state index in [0.717, 1.165) is 43.7 Å². The predicted octanol–water partition coefficient (Wildman–Crippen LogP) is 1.10. The molecule has 5 nitrogen and oxygen atoms in total. The van der Waals surface area contributed by atoms with Crippen LogP contribution in [0.5, 0.6) is 0 Å². The summed E-state index contributed by atoms with van der Waals surface area (Å²) in [5.41, 5.74) is 1.13. The Morgan fingerprint density at radius 2 is 2.42 bits per heavy atom. The third kappa shape index (κ3) is 2.40. The van der Waals surface area contributed by atoms with Crippen molar-refractivity contribution in [1.82, 2.24) is 10.2 Å². The van der Waals surface area contributed by atoms with Crippen molar-refractivity contribution < 1.29 is 13.9 Å². The summed E-state index contributed by atoms with van der Waals surface area (Å²) in [6.45, 7) is 2.26. The molecule has 104 valence electrons. The van der Waals surface area contributed by atoms with Crippen LogP contribution in [0.3, 0.4) is 0 Å². The Bertz CT molecular complexity index is 451. The van der Waals surface area contributed by atoms with E-state index in [2.05, 4.69) is 5.32 Å². The molecule has 0 aromatic carbocycles. The van der Waals surface area contributed by atoms with E-state index in [1.165, 1.54) is 0 Å². The van der Waals surface area contributed by atoms with Crippen LogP contribution in [-0.4, -0.2) is 43.7 Å². The molecule has 0 spiro atoms. The summed E-state index contributed by atoms with van der Waals surface area (Å²) in [6.07, 6.45) is 4.87. The van der Waals surface area contributed by atoms with Crippen LogP contribution in [0.25, 0.3) is 0 Å². The zero-order valence-corrected chi connectivity index (χ0v) is 11.2. The van der Waals surface area contributed by atoms with E-state index in [0.29, 0.717) is 6.54 Å². The van der Waals surface area contributed by atoms with E-state index in [1.54, 1.807) is 13.3 Å². The first-order valence-corrected chi connectivity index (χ1v) is 6.93. The van der Waals surface area contributed by atoms with Gasteiger partial charge in [-0.1, -0.05) is 0 Å². The van der Waals surface area contributed by atoms with E-state index < -0.39 is 0 Å². The van der Waals surface area contributed by atoms with Gasteiger partial charge in [0.15, 0.2) is 0 Å². The third-order valence-corrected chi connectivity index (χ3v) is 3.99. The van der Waals surface area contributed by atoms with Crippen LogP contribution in [0.2, 0.25) is 0 Å². The van der Waals surface area contributed by atoms with Crippen LogP contribution in [0.15, 0.2) is 16.7 Å². The minimum Gasteiger partial charge on any atom is -0.467 e. The van der Waals surface area contributed by atoms with Gasteiger partial charge in [0.1, 0.15) is 11.8 Å². The van der Waals surface area contributed by atoms with Crippen molar-refractivity contribution in [2.45, 2.75) is 31.4 Å². The second-order valence-corrected chi connectivity index (χ2v) is 5.20. The van der Waals surface area contributed by atoms with Crippen LogP contribution in [0.4, 0.5) is 0 Å². The van der Waals surface area contributed by atoms with Gasteiger partial charge in [0, 0.05) is 19.7 Å². The normalized spacial score (nSPS) is 27.4. The fourth-order valence-corrected chi connectivity index (χ4v) is 2.94. The molecule has 1 fully saturated rings. The number of amides is 1. The molecule has 1 N–H and O–H groups in total. The summed E-state index contributed by atoms with van der Waals surface area (Å²) < 4.78 is 11.1. The average molecular weight is 264 g/mol. The van der Waals surface area contributed by atoms with E-state index in [1.807, 2.05) is 11.0 Å². The highest BCUT2D eigenvalue weighted by Gasteiger charge is 2.33. The van der Waals surface area contributed by atoms with Crippen molar-refractivity contribution >= 4 is 5.91 Å². The number of ether oxygens (including phenoxy) is 1. The Kier molecular flexibility index (Phi) is 3.57. The third-order valence-electron chi connectivity index (χ3n) is 3.99. The molecule has 3 heterocycles. The minimum absolute atomic E-state index is 0.0895. The van der Waals surface area contributed by atoms with Crippen LogP contribution >= 0.6 is 0 Å². The number of rotatable bonds is 3. The number of nitrogens with one attached hydrogen (secondary N) is 1. The van der Waals surface area contributed by atoms with Crippen molar-refractivity contribution in [3.8, 4) is 0 Å². The predicted molar refractivity (Wildman–Crippen MR) is 69.8 cm³/mol. The Morgan fingerprint density at radius 1 is 1.53 bits per heavy atom. The quantitative estimate of drug-likeness (QED) is 0.888. The SMILES string of the molecule is CNC1C(=O)N(CC2CCCO2)CCc2ccoc21. The number of hydrogen-bond acceptors (Lipinski definition) is 4. The molecule has 3 rings (SSSR count). The highest BCUT2D eigenvalue weighted by molar-refractivity contribution is 5.83. The molecule has 2 unspecified atom stereocenters. The van der Waals surface area contributed by atoms with E-state index >= 15 is 0 Å². The van der Waals surface area contributed by atoms with Gasteiger partial charge >= 0.3 is 0 Å². The molecule has 5 heteroatoms. The molecule has 2 aliphatic heterocycles. The average Bonchev–Trinajstić information content (AvgIpc) is 3.04. The molecule has 0 aliphatic carbocycles. The van der Waals surface area contributed by atoms with Crippen LogP contribution in [0, 0.1) is 0 Å². The summed E-state index contributed by atoms with van der Waals surface area (Å²) in [4.78, 5) is 14.5. The number of carbonyl (C=O) groups is 1. The van der Waals surface area contributed by atoms with Crippen LogP contribution in [0.1, 0.15) is 30.2 Å². The van der Waals surface area contributed by atoms with Gasteiger partial charge in [-0.05, 0) is 37.9 Å². The summed E-state index contributed by atoms with van der Waals surface area (Å²) in [5.74, 6) is 0.856. The molecule has 1 aromatic heterocycles. The zero-order chi connectivity index (χ0) is 13.2. The van der Waals surface area contributed by atoms with E-state index in [4.69, 9.17) is 9.15 Å². The lowest BCUT2D eigenvalue weighted by Gasteiger charge is -2.26. The fraction of sp³-hybridized carbons (Fsp3) is 0.643. The second-order valence-electron chi connectivity index (χ2n) is 5.20. The number of nitrogens with zero attached hydrogens (tertiary/aromatic N) is 1. The molecule has 19 heavy (non-hydrogen) atoms. The van der Waals surface area contributed by atoms with Crippen LogP contribution < -0.4 is 5.32 Å². The molecule has 2 aliphatic rings. The number of hydrogen-bond donors (Lipinski definition) is 1. The standard InChI is InChI=1S/C14H20N2O3/c1-15-12-13-10(5-8-19-13)4-6-16(14(12)17)9-11-3-2-7-18-11/h5,8,11-12,15H,2-4,6-7,9H2,1H3. The van der Waals surface area contributed by atoms with Crippen molar-refractivity contribution in [2.75, 3.05) is 26.7 Å². The van der Waals surface area contributed by atoms with Crippen molar-refractivity contribution in [3.05, 3.63) is 23.7 Å². The zero-order valence-electron chi connectivity index (χ0n) is 11.2. The maximum absolute atomic E-state index is 12.6. The monoisotopic (exact) mass is 264 g/mol. The van der Waals surface area contributed by atoms with Gasteiger partial charge < -0.3 is 19.4 Å². The van der Waals surface area contributed by atoms with Crippen molar-refractivity contribution in [1.29, 1.82) is 0 Å². The first-order chi connectivity index (χ1) is 9.29. The lowest BCUT2D eigenvalue weighted by molar-refractivity contribution is -0.135. The van der Waals surface area contributed by atoms with Gasteiger partial charge in [0.25, 0.3) is 0 Å². The van der Waals surface area contributed by atoms with E-state index in [9.17, 15) is 4.79 Å². The van der Waals surface area contributed by atoms with Gasteiger partial charge in [-0.15, -0.1) is 0 Å². The summed E-state index contributed by atoms with van der Waals surface area (Å²) in [6, 6.07) is 1.59. The summed E-state index contributed by atoms with van der Waals surface area (Å²) in [5, 5.41) is 3.07. The smallest absolute Gasteiger partial charge is 0.247 e. The fourth-order valence-electron chi connectivity index (χ4n) is 2.94. The molecule has 1 amide bonds. The Labute approximate surface area is 112 Å². The first kappa shape index (κ1) is 12.7. The molecule has 0 saturated carbocycles. The summed E-state index contributed by atoms with van der Waals surface area (Å²) in [7, 11) is 1.80. The molecular weight excluding hydrogens is 244 g/mol. The number of furan rings is 1. The highest BCUT2D eigenvalue weighted by atomic mass is 16.5. The van der Waals surface area contributed by atoms with Crippen LogP contribution in [-0.2, 0) is 16.0 Å². The lowest BCUT2D eigenvalue weighted by Crippen LogP contribution is -2.42. The largest absolute Gasteiger partial charge is 0.467 e. The maximum Gasteiger partial charge on any atom is 0.247 e. The first-order valence-electron chi connectivity index (χ1n) is 6.93. The molecule has 0 bridgehead atoms. The van der Waals surface area contributed by atoms with Gasteiger partial charge in [0.2, 0.25) is 5.91 Å². The topological polar surface area (TPSA) is 54.7 Å². The Balaban J connectivity index is 1.77. The molecular formula is C14H20N2O3.